The molecule has 0 saturated carbocycles. The summed E-state index contributed by atoms with van der Waals surface area (Å²) in [5, 5.41) is 1.07. The monoisotopic (exact) mass is 354 g/mol. The molecule has 0 unspecified atom stereocenters. The molecule has 0 aliphatic rings. The van der Waals surface area contributed by atoms with Crippen LogP contribution < -0.4 is 37.2 Å². The summed E-state index contributed by atoms with van der Waals surface area (Å²) in [6.45, 7) is 0.744. The first-order valence-corrected chi connectivity index (χ1v) is 6.87. The second kappa shape index (κ2) is 12.9. The minimum absolute atomic E-state index is 0. The summed E-state index contributed by atoms with van der Waals surface area (Å²) in [6.07, 6.45) is 0. The summed E-state index contributed by atoms with van der Waals surface area (Å²) < 4.78 is 5.72. The quantitative estimate of drug-likeness (QED) is 0.486. The first kappa shape index (κ1) is 21.2. The van der Waals surface area contributed by atoms with Crippen LogP contribution in [0.4, 0.5) is 0 Å². The van der Waals surface area contributed by atoms with Gasteiger partial charge >= 0.3 is 104 Å². The van der Waals surface area contributed by atoms with Crippen molar-refractivity contribution < 1.29 is 57.5 Å². The summed E-state index contributed by atoms with van der Waals surface area (Å²) in [4.78, 5) is 0. The first-order chi connectivity index (χ1) is 7.95. The number of hydrogen-bond acceptors (Lipinski definition) is 1. The van der Waals surface area contributed by atoms with E-state index in [4.69, 9.17) is 3.66 Å². The second-order valence-corrected chi connectivity index (χ2v) is 4.83. The van der Waals surface area contributed by atoms with Crippen molar-refractivity contribution in [1.29, 1.82) is 0 Å². The Hall–Kier alpha value is -0.146. The van der Waals surface area contributed by atoms with E-state index in [2.05, 4.69) is 36.4 Å². The van der Waals surface area contributed by atoms with Crippen LogP contribution in [0.3, 0.4) is 0 Å². The van der Waals surface area contributed by atoms with Crippen LogP contribution in [0, 0.1) is 0 Å². The zero-order valence-electron chi connectivity index (χ0n) is 10.2. The van der Waals surface area contributed by atoms with Crippen LogP contribution in [0.1, 0.15) is 11.1 Å². The topological polar surface area (TPSA) is 9.23 Å². The molecular weight excluding hydrogens is 341 g/mol. The van der Waals surface area contributed by atoms with Crippen LogP contribution in [-0.2, 0) is 32.0 Å². The third kappa shape index (κ3) is 8.59. The molecule has 0 N–H and O–H groups in total. The Kier molecular flexibility index (Phi) is 14.3. The molecule has 2 aromatic carbocycles. The fraction of sp³-hybridized carbons (Fsp3) is 0.143. The molecule has 0 radical (unpaired) electrons. The van der Waals surface area contributed by atoms with E-state index in [0.717, 1.165) is 11.7 Å². The molecule has 2 rings (SSSR count). The van der Waals surface area contributed by atoms with E-state index in [1.165, 1.54) is 11.1 Å². The molecule has 0 heterocycles. The normalized spacial score (nSPS) is 8.21. The molecule has 102 valence electrons. The van der Waals surface area contributed by atoms with Crippen molar-refractivity contribution in [1.82, 2.24) is 0 Å². The summed E-state index contributed by atoms with van der Waals surface area (Å²) in [5.41, 5.74) is 2.63. The Labute approximate surface area is 140 Å². The zero-order chi connectivity index (χ0) is 11.1. The Morgan fingerprint density at radius 1 is 0.684 bits per heavy atom. The van der Waals surface area contributed by atoms with E-state index in [0.29, 0.717) is 0 Å². The summed E-state index contributed by atoms with van der Waals surface area (Å²) >= 11 is -0.0384. The molecular formula is C14H14Cl3OV. The molecule has 1 nitrogen and oxygen atoms in total. The second-order valence-electron chi connectivity index (χ2n) is 3.53. The van der Waals surface area contributed by atoms with Crippen molar-refractivity contribution >= 4 is 0 Å². The van der Waals surface area contributed by atoms with E-state index >= 15 is 0 Å². The van der Waals surface area contributed by atoms with E-state index in [9.17, 15) is 0 Å². The Bertz CT molecular complexity index is 370. The molecule has 0 atom stereocenters. The third-order valence-corrected chi connectivity index (χ3v) is 3.51. The van der Waals surface area contributed by atoms with Gasteiger partial charge in [-0.25, -0.2) is 0 Å². The first-order valence-electron chi connectivity index (χ1n) is 5.32. The van der Waals surface area contributed by atoms with Crippen molar-refractivity contribution in [3.05, 3.63) is 71.8 Å². The maximum absolute atomic E-state index is 5.72. The van der Waals surface area contributed by atoms with Crippen molar-refractivity contribution in [2.75, 3.05) is 0 Å². The zero-order valence-corrected chi connectivity index (χ0v) is 13.8. The van der Waals surface area contributed by atoms with Crippen molar-refractivity contribution in [3.8, 4) is 0 Å². The fourth-order valence-electron chi connectivity index (χ4n) is 1.40. The standard InChI is InChI=1S/C7H7O.C7H7.3ClH.V/c8-6-7-4-2-1-3-5-7;1-7-5-3-2-4-6-7;;;;/h1-5H,6H2;2-6H,1H2;3*1H;/q-1;;;;;+4/p-3. The van der Waals surface area contributed by atoms with Gasteiger partial charge in [-0.15, -0.1) is 0 Å². The van der Waals surface area contributed by atoms with Gasteiger partial charge in [0.1, 0.15) is 0 Å². The van der Waals surface area contributed by atoms with Gasteiger partial charge in [0.25, 0.3) is 0 Å². The minimum atomic E-state index is -0.0384. The van der Waals surface area contributed by atoms with Gasteiger partial charge in [0.05, 0.1) is 0 Å². The third-order valence-electron chi connectivity index (χ3n) is 2.26. The predicted molar refractivity (Wildman–Crippen MR) is 61.4 cm³/mol. The number of benzene rings is 2. The van der Waals surface area contributed by atoms with E-state index in [-0.39, 0.29) is 53.9 Å². The number of rotatable bonds is 5. The van der Waals surface area contributed by atoms with Crippen LogP contribution in [0.15, 0.2) is 60.7 Å². The summed E-state index contributed by atoms with van der Waals surface area (Å²) in [6, 6.07) is 20.8. The fourth-order valence-corrected chi connectivity index (χ4v) is 2.48. The average Bonchev–Trinajstić information content (AvgIpc) is 2.37. The Balaban J connectivity index is 0. The predicted octanol–water partition coefficient (Wildman–Crippen LogP) is -5.59. The van der Waals surface area contributed by atoms with Crippen LogP contribution in [0.5, 0.6) is 0 Å². The molecule has 0 saturated heterocycles. The number of hydrogen-bond donors (Lipinski definition) is 0. The molecule has 0 bridgehead atoms. The molecule has 19 heavy (non-hydrogen) atoms. The van der Waals surface area contributed by atoms with Gasteiger partial charge in [-0.2, -0.15) is 0 Å². The molecule has 5 heteroatoms. The van der Waals surface area contributed by atoms with Crippen molar-refractivity contribution in [3.63, 3.8) is 0 Å². The molecule has 0 aromatic heterocycles. The summed E-state index contributed by atoms with van der Waals surface area (Å²) in [5.74, 6) is 0. The van der Waals surface area contributed by atoms with Crippen LogP contribution >= 0.6 is 0 Å². The van der Waals surface area contributed by atoms with E-state index in [1.807, 2.05) is 24.3 Å². The molecule has 0 aliphatic carbocycles. The van der Waals surface area contributed by atoms with Crippen LogP contribution in [0.25, 0.3) is 0 Å². The van der Waals surface area contributed by atoms with Crippen molar-refractivity contribution in [2.24, 2.45) is 0 Å². The molecule has 0 aliphatic heterocycles. The summed E-state index contributed by atoms with van der Waals surface area (Å²) in [7, 11) is 0. The van der Waals surface area contributed by atoms with Crippen molar-refractivity contribution in [2.45, 2.75) is 11.7 Å². The van der Waals surface area contributed by atoms with Gasteiger partial charge in [0, 0.05) is 0 Å². The maximum atomic E-state index is 5.72. The molecule has 0 fully saturated rings. The Morgan fingerprint density at radius 2 is 1.16 bits per heavy atom. The van der Waals surface area contributed by atoms with E-state index in [1.54, 1.807) is 0 Å². The molecule has 0 spiro atoms. The average molecular weight is 356 g/mol. The van der Waals surface area contributed by atoms with Gasteiger partial charge in [-0.3, -0.25) is 0 Å². The van der Waals surface area contributed by atoms with Crippen LogP contribution in [0.2, 0.25) is 0 Å². The van der Waals surface area contributed by atoms with Crippen LogP contribution in [-0.4, -0.2) is 0 Å². The van der Waals surface area contributed by atoms with Gasteiger partial charge in [-0.05, 0) is 0 Å². The van der Waals surface area contributed by atoms with Gasteiger partial charge < -0.3 is 37.2 Å². The van der Waals surface area contributed by atoms with Gasteiger partial charge in [0.2, 0.25) is 0 Å². The Morgan fingerprint density at radius 3 is 1.68 bits per heavy atom. The van der Waals surface area contributed by atoms with Gasteiger partial charge in [0.15, 0.2) is 0 Å². The molecule has 0 amide bonds. The van der Waals surface area contributed by atoms with Gasteiger partial charge in [-0.1, -0.05) is 0 Å². The van der Waals surface area contributed by atoms with E-state index < -0.39 is 0 Å². The SMILES string of the molecule is [Cl-].[Cl-].[Cl-].c1ccc(C[O][V+3][CH2]c2ccccc2)cc1. The number of halogens is 3. The molecule has 2 aromatic rings.